The van der Waals surface area contributed by atoms with Crippen LogP contribution in [0.1, 0.15) is 24.0 Å². The zero-order valence-corrected chi connectivity index (χ0v) is 18.5. The van der Waals surface area contributed by atoms with Gasteiger partial charge in [-0.2, -0.15) is 13.2 Å². The first kappa shape index (κ1) is 22.1. The Morgan fingerprint density at radius 1 is 1.06 bits per heavy atom. The fourth-order valence-corrected chi connectivity index (χ4v) is 4.57. The number of piperazine rings is 1. The predicted octanol–water partition coefficient (Wildman–Crippen LogP) is 4.26. The number of halogens is 4. The fraction of sp³-hybridized carbons (Fsp3) is 0.455. The highest BCUT2D eigenvalue weighted by Gasteiger charge is 2.45. The van der Waals surface area contributed by atoms with Gasteiger partial charge in [-0.05, 0) is 52.5 Å². The SMILES string of the molecule is O=C(N1CCN(c2ccc(Br)cn2)CC1)C1(c2cccc(C(F)(F)F)c2)CCOCC1. The maximum Gasteiger partial charge on any atom is 0.416 e. The molecular weight excluding hydrogens is 475 g/mol. The van der Waals surface area contributed by atoms with Gasteiger partial charge in [0.15, 0.2) is 0 Å². The molecule has 2 aliphatic rings. The summed E-state index contributed by atoms with van der Waals surface area (Å²) in [6.07, 6.45) is -1.96. The van der Waals surface area contributed by atoms with Gasteiger partial charge in [-0.25, -0.2) is 4.98 Å². The minimum absolute atomic E-state index is 0.112. The van der Waals surface area contributed by atoms with Gasteiger partial charge in [-0.1, -0.05) is 18.2 Å². The molecule has 5 nitrogen and oxygen atoms in total. The average Bonchev–Trinajstić information content (AvgIpc) is 2.79. The van der Waals surface area contributed by atoms with Crippen LogP contribution in [0.5, 0.6) is 0 Å². The Balaban J connectivity index is 1.55. The Kier molecular flexibility index (Phi) is 6.25. The van der Waals surface area contributed by atoms with Gasteiger partial charge in [-0.3, -0.25) is 4.79 Å². The monoisotopic (exact) mass is 497 g/mol. The number of carbonyl (C=O) groups excluding carboxylic acids is 1. The number of anilines is 1. The van der Waals surface area contributed by atoms with Gasteiger partial charge in [0, 0.05) is 50.1 Å². The molecule has 166 valence electrons. The molecule has 0 atom stereocenters. The van der Waals surface area contributed by atoms with Gasteiger partial charge in [-0.15, -0.1) is 0 Å². The normalized spacial score (nSPS) is 19.4. The highest BCUT2D eigenvalue weighted by molar-refractivity contribution is 9.10. The summed E-state index contributed by atoms with van der Waals surface area (Å²) < 4.78 is 46.3. The number of amides is 1. The Morgan fingerprint density at radius 2 is 1.77 bits per heavy atom. The number of aromatic nitrogens is 1. The minimum atomic E-state index is -4.45. The molecule has 0 spiro atoms. The summed E-state index contributed by atoms with van der Waals surface area (Å²) in [5, 5.41) is 0. The van der Waals surface area contributed by atoms with Crippen molar-refractivity contribution in [3.8, 4) is 0 Å². The second-order valence-corrected chi connectivity index (χ2v) is 8.80. The summed E-state index contributed by atoms with van der Waals surface area (Å²) in [5.41, 5.74) is -1.29. The van der Waals surface area contributed by atoms with Crippen LogP contribution in [0.3, 0.4) is 0 Å². The van der Waals surface area contributed by atoms with Crippen molar-refractivity contribution in [2.45, 2.75) is 24.4 Å². The molecule has 0 aliphatic carbocycles. The molecule has 3 heterocycles. The first-order chi connectivity index (χ1) is 14.8. The largest absolute Gasteiger partial charge is 0.416 e. The minimum Gasteiger partial charge on any atom is -0.381 e. The summed E-state index contributed by atoms with van der Waals surface area (Å²) in [6, 6.07) is 9.05. The van der Waals surface area contributed by atoms with Crippen LogP contribution in [0.4, 0.5) is 19.0 Å². The van der Waals surface area contributed by atoms with Crippen LogP contribution in [-0.4, -0.2) is 55.2 Å². The summed E-state index contributed by atoms with van der Waals surface area (Å²) in [5.74, 6) is 0.729. The maximum absolute atomic E-state index is 13.7. The lowest BCUT2D eigenvalue weighted by Crippen LogP contribution is -2.56. The van der Waals surface area contributed by atoms with Crippen molar-refractivity contribution in [1.82, 2.24) is 9.88 Å². The van der Waals surface area contributed by atoms with E-state index in [4.69, 9.17) is 4.74 Å². The van der Waals surface area contributed by atoms with Crippen LogP contribution >= 0.6 is 15.9 Å². The topological polar surface area (TPSA) is 45.7 Å². The smallest absolute Gasteiger partial charge is 0.381 e. The standard InChI is InChI=1S/C22H23BrF3N3O2/c23-18-4-5-19(27-15-18)28-8-10-29(11-9-28)20(30)21(6-12-31-13-7-21)16-2-1-3-17(14-16)22(24,25)26/h1-5,14-15H,6-13H2. The van der Waals surface area contributed by atoms with E-state index in [0.717, 1.165) is 22.4 Å². The van der Waals surface area contributed by atoms with E-state index in [0.29, 0.717) is 57.8 Å². The number of benzene rings is 1. The predicted molar refractivity (Wildman–Crippen MR) is 114 cm³/mol. The van der Waals surface area contributed by atoms with Crippen molar-refractivity contribution < 1.29 is 22.7 Å². The van der Waals surface area contributed by atoms with Crippen molar-refractivity contribution in [3.63, 3.8) is 0 Å². The van der Waals surface area contributed by atoms with Crippen molar-refractivity contribution in [1.29, 1.82) is 0 Å². The van der Waals surface area contributed by atoms with Crippen LogP contribution < -0.4 is 4.90 Å². The molecule has 9 heteroatoms. The van der Waals surface area contributed by atoms with Crippen LogP contribution in [0.15, 0.2) is 47.1 Å². The highest BCUT2D eigenvalue weighted by Crippen LogP contribution is 2.40. The first-order valence-electron chi connectivity index (χ1n) is 10.2. The molecular formula is C22H23BrF3N3O2. The first-order valence-corrected chi connectivity index (χ1v) is 11.0. The number of nitrogens with zero attached hydrogens (tertiary/aromatic N) is 3. The zero-order chi connectivity index (χ0) is 22.1. The van der Waals surface area contributed by atoms with Gasteiger partial charge in [0.1, 0.15) is 5.82 Å². The van der Waals surface area contributed by atoms with Gasteiger partial charge < -0.3 is 14.5 Å². The van der Waals surface area contributed by atoms with E-state index in [1.54, 1.807) is 17.2 Å². The van der Waals surface area contributed by atoms with Crippen molar-refractivity contribution in [3.05, 3.63) is 58.2 Å². The number of ether oxygens (including phenoxy) is 1. The molecule has 1 amide bonds. The van der Waals surface area contributed by atoms with Crippen LogP contribution in [-0.2, 0) is 21.1 Å². The van der Waals surface area contributed by atoms with Crippen LogP contribution in [0.25, 0.3) is 0 Å². The van der Waals surface area contributed by atoms with E-state index in [1.807, 2.05) is 12.1 Å². The molecule has 2 aliphatic heterocycles. The Bertz CT molecular complexity index is 922. The van der Waals surface area contributed by atoms with Gasteiger partial charge in [0.2, 0.25) is 5.91 Å². The molecule has 1 aromatic heterocycles. The van der Waals surface area contributed by atoms with E-state index in [-0.39, 0.29) is 5.91 Å². The third-order valence-electron chi connectivity index (χ3n) is 6.10. The lowest BCUT2D eigenvalue weighted by molar-refractivity contribution is -0.142. The van der Waals surface area contributed by atoms with Crippen molar-refractivity contribution in [2.75, 3.05) is 44.3 Å². The van der Waals surface area contributed by atoms with E-state index in [1.165, 1.54) is 6.07 Å². The number of rotatable bonds is 3. The third-order valence-corrected chi connectivity index (χ3v) is 6.57. The van der Waals surface area contributed by atoms with Gasteiger partial charge >= 0.3 is 6.18 Å². The lowest BCUT2D eigenvalue weighted by Gasteiger charge is -2.43. The number of carbonyl (C=O) groups is 1. The molecule has 2 saturated heterocycles. The number of hydrogen-bond donors (Lipinski definition) is 0. The second-order valence-electron chi connectivity index (χ2n) is 7.89. The molecule has 0 N–H and O–H groups in total. The van der Waals surface area contributed by atoms with Crippen LogP contribution in [0.2, 0.25) is 0 Å². The molecule has 31 heavy (non-hydrogen) atoms. The van der Waals surface area contributed by atoms with Crippen molar-refractivity contribution in [2.24, 2.45) is 0 Å². The summed E-state index contributed by atoms with van der Waals surface area (Å²) in [7, 11) is 0. The van der Waals surface area contributed by atoms with E-state index in [9.17, 15) is 18.0 Å². The summed E-state index contributed by atoms with van der Waals surface area (Å²) in [4.78, 5) is 22.0. The molecule has 0 radical (unpaired) electrons. The molecule has 2 fully saturated rings. The number of alkyl halides is 3. The molecule has 4 rings (SSSR count). The summed E-state index contributed by atoms with van der Waals surface area (Å²) >= 11 is 3.37. The maximum atomic E-state index is 13.7. The van der Waals surface area contributed by atoms with Crippen molar-refractivity contribution >= 4 is 27.7 Å². The Hall–Kier alpha value is -2.13. The quantitative estimate of drug-likeness (QED) is 0.635. The van der Waals surface area contributed by atoms with Gasteiger partial charge in [0.25, 0.3) is 0 Å². The summed E-state index contributed by atoms with van der Waals surface area (Å²) in [6.45, 7) is 2.94. The fourth-order valence-electron chi connectivity index (χ4n) is 4.34. The van der Waals surface area contributed by atoms with E-state index >= 15 is 0 Å². The molecule has 0 unspecified atom stereocenters. The Morgan fingerprint density at radius 3 is 2.39 bits per heavy atom. The highest BCUT2D eigenvalue weighted by atomic mass is 79.9. The average molecular weight is 498 g/mol. The third kappa shape index (κ3) is 4.57. The van der Waals surface area contributed by atoms with E-state index in [2.05, 4.69) is 25.8 Å². The van der Waals surface area contributed by atoms with Crippen LogP contribution in [0, 0.1) is 0 Å². The van der Waals surface area contributed by atoms with E-state index < -0.39 is 17.2 Å². The molecule has 0 saturated carbocycles. The molecule has 1 aromatic carbocycles. The molecule has 2 aromatic rings. The molecule has 0 bridgehead atoms. The lowest BCUT2D eigenvalue weighted by atomic mass is 9.72. The number of hydrogen-bond acceptors (Lipinski definition) is 4. The number of pyridine rings is 1. The zero-order valence-electron chi connectivity index (χ0n) is 16.9. The van der Waals surface area contributed by atoms with Gasteiger partial charge in [0.05, 0.1) is 11.0 Å². The Labute approximate surface area is 187 Å². The second kappa shape index (κ2) is 8.78.